The van der Waals surface area contributed by atoms with Gasteiger partial charge in [-0.05, 0) is 43.3 Å². The van der Waals surface area contributed by atoms with Crippen LogP contribution in [0.25, 0.3) is 21.7 Å². The van der Waals surface area contributed by atoms with E-state index in [1.807, 2.05) is 29.6 Å². The van der Waals surface area contributed by atoms with Crippen molar-refractivity contribution in [2.24, 2.45) is 0 Å². The second-order valence-electron chi connectivity index (χ2n) is 9.46. The van der Waals surface area contributed by atoms with E-state index in [0.29, 0.717) is 22.7 Å². The highest BCUT2D eigenvalue weighted by atomic mass is 32.1. The first-order valence-corrected chi connectivity index (χ1v) is 14.4. The molecule has 4 aromatic heterocycles. The van der Waals surface area contributed by atoms with Gasteiger partial charge < -0.3 is 20.3 Å². The molecule has 2 N–H and O–H groups in total. The van der Waals surface area contributed by atoms with Crippen LogP contribution in [0.2, 0.25) is 0 Å². The van der Waals surface area contributed by atoms with E-state index in [9.17, 15) is 9.59 Å². The van der Waals surface area contributed by atoms with Crippen LogP contribution in [0.5, 0.6) is 5.75 Å². The van der Waals surface area contributed by atoms with Crippen molar-refractivity contribution in [3.8, 4) is 16.5 Å². The van der Waals surface area contributed by atoms with Gasteiger partial charge in [-0.3, -0.25) is 14.2 Å². The standard InChI is InChI=1S/C27H26N8O3S2/c1-34(2)25(36)20-11-16-12-30-27(32-17-3-5-18(6-4-17)38-19-7-8-28-13-19)33-23(16)35(26(20)37)14-21-22(31-15-40-21)24-29-9-10-39-24/h3-6,9-12,15,19,28H,7-8,13-14H2,1-2H3,(H,30,32,33). The Morgan fingerprint density at radius 1 is 1.20 bits per heavy atom. The Hall–Kier alpha value is -4.20. The van der Waals surface area contributed by atoms with E-state index in [1.165, 1.54) is 32.1 Å². The fourth-order valence-corrected chi connectivity index (χ4v) is 5.94. The topological polar surface area (TPSA) is 127 Å². The first kappa shape index (κ1) is 26.0. The predicted octanol–water partition coefficient (Wildman–Crippen LogP) is 3.61. The number of pyridine rings is 1. The number of nitrogens with zero attached hydrogens (tertiary/aromatic N) is 6. The number of hydrogen-bond acceptors (Lipinski definition) is 11. The molecular weight excluding hydrogens is 548 g/mol. The van der Waals surface area contributed by atoms with Crippen LogP contribution in [0.3, 0.4) is 0 Å². The molecule has 40 heavy (non-hydrogen) atoms. The first-order chi connectivity index (χ1) is 19.5. The van der Waals surface area contributed by atoms with Gasteiger partial charge in [0.15, 0.2) is 0 Å². The monoisotopic (exact) mass is 574 g/mol. The molecule has 1 fully saturated rings. The van der Waals surface area contributed by atoms with Crippen LogP contribution in [0.1, 0.15) is 21.7 Å². The number of aromatic nitrogens is 5. The lowest BCUT2D eigenvalue weighted by atomic mass is 10.2. The Balaban J connectivity index is 1.35. The summed E-state index contributed by atoms with van der Waals surface area (Å²) in [6.45, 7) is 2.00. The molecule has 1 aliphatic rings. The van der Waals surface area contributed by atoms with Crippen LogP contribution in [0, 0.1) is 0 Å². The molecule has 1 saturated heterocycles. The number of amides is 1. The Morgan fingerprint density at radius 3 is 2.77 bits per heavy atom. The van der Waals surface area contributed by atoms with Crippen molar-refractivity contribution in [2.75, 3.05) is 32.5 Å². The first-order valence-electron chi connectivity index (χ1n) is 12.6. The highest BCUT2D eigenvalue weighted by Crippen LogP contribution is 2.28. The number of carbonyl (C=O) groups excluding carboxylic acids is 1. The summed E-state index contributed by atoms with van der Waals surface area (Å²) in [6, 6.07) is 9.16. The second-order valence-corrected chi connectivity index (χ2v) is 11.3. The number of benzene rings is 1. The van der Waals surface area contributed by atoms with Gasteiger partial charge in [-0.15, -0.1) is 22.7 Å². The summed E-state index contributed by atoms with van der Waals surface area (Å²) in [5, 5.41) is 9.73. The summed E-state index contributed by atoms with van der Waals surface area (Å²) in [6.07, 6.45) is 4.50. The maximum Gasteiger partial charge on any atom is 0.265 e. The van der Waals surface area contributed by atoms with Crippen molar-refractivity contribution in [1.29, 1.82) is 0 Å². The number of hydrogen-bond donors (Lipinski definition) is 2. The fourth-order valence-electron chi connectivity index (χ4n) is 4.47. The number of thiazole rings is 2. The number of ether oxygens (including phenoxy) is 1. The van der Waals surface area contributed by atoms with Gasteiger partial charge in [0.1, 0.15) is 33.8 Å². The number of carbonyl (C=O) groups is 1. The third kappa shape index (κ3) is 5.30. The Kier molecular flexibility index (Phi) is 7.24. The average molecular weight is 575 g/mol. The van der Waals surface area contributed by atoms with Crippen molar-refractivity contribution >= 4 is 51.2 Å². The molecule has 1 atom stereocenters. The lowest BCUT2D eigenvalue weighted by Crippen LogP contribution is -2.33. The third-order valence-electron chi connectivity index (χ3n) is 6.47. The molecule has 13 heteroatoms. The van der Waals surface area contributed by atoms with E-state index in [-0.39, 0.29) is 24.1 Å². The molecule has 0 aliphatic carbocycles. The zero-order valence-corrected chi connectivity index (χ0v) is 23.5. The van der Waals surface area contributed by atoms with Crippen LogP contribution in [-0.4, -0.2) is 68.6 Å². The summed E-state index contributed by atoms with van der Waals surface area (Å²) < 4.78 is 7.51. The van der Waals surface area contributed by atoms with Crippen LogP contribution >= 0.6 is 22.7 Å². The van der Waals surface area contributed by atoms with Gasteiger partial charge in [0.25, 0.3) is 11.5 Å². The summed E-state index contributed by atoms with van der Waals surface area (Å²) >= 11 is 2.90. The normalized spacial score (nSPS) is 14.9. The molecule has 1 aromatic carbocycles. The van der Waals surface area contributed by atoms with E-state index in [1.54, 1.807) is 38.1 Å². The van der Waals surface area contributed by atoms with Crippen molar-refractivity contribution in [3.05, 3.63) is 74.4 Å². The van der Waals surface area contributed by atoms with Gasteiger partial charge in [0.05, 0.1) is 16.9 Å². The molecule has 1 unspecified atom stereocenters. The van der Waals surface area contributed by atoms with Crippen molar-refractivity contribution in [1.82, 2.24) is 34.7 Å². The Morgan fingerprint density at radius 2 is 2.05 bits per heavy atom. The van der Waals surface area contributed by atoms with E-state index in [2.05, 4.69) is 25.6 Å². The third-order valence-corrected chi connectivity index (χ3v) is 8.07. The lowest BCUT2D eigenvalue weighted by Gasteiger charge is -2.15. The molecule has 5 heterocycles. The quantitative estimate of drug-likeness (QED) is 0.286. The van der Waals surface area contributed by atoms with Gasteiger partial charge in [0, 0.05) is 49.5 Å². The number of anilines is 2. The minimum absolute atomic E-state index is 0.0511. The van der Waals surface area contributed by atoms with E-state index >= 15 is 0 Å². The van der Waals surface area contributed by atoms with Gasteiger partial charge in [0.2, 0.25) is 5.95 Å². The minimum atomic E-state index is -0.433. The van der Waals surface area contributed by atoms with Crippen LogP contribution < -0.4 is 20.9 Å². The van der Waals surface area contributed by atoms with Crippen LogP contribution in [0.15, 0.2) is 58.4 Å². The molecule has 0 spiro atoms. The smallest absolute Gasteiger partial charge is 0.265 e. The fraction of sp³-hybridized carbons (Fsp3) is 0.259. The van der Waals surface area contributed by atoms with Gasteiger partial charge in [-0.1, -0.05) is 0 Å². The largest absolute Gasteiger partial charge is 0.489 e. The maximum atomic E-state index is 13.7. The van der Waals surface area contributed by atoms with Gasteiger partial charge >= 0.3 is 0 Å². The van der Waals surface area contributed by atoms with Crippen LogP contribution in [-0.2, 0) is 6.54 Å². The predicted molar refractivity (Wildman–Crippen MR) is 156 cm³/mol. The maximum absolute atomic E-state index is 13.7. The molecule has 1 amide bonds. The van der Waals surface area contributed by atoms with E-state index in [0.717, 1.165) is 40.8 Å². The Bertz CT molecular complexity index is 1710. The molecule has 1 aliphatic heterocycles. The summed E-state index contributed by atoms with van der Waals surface area (Å²) in [4.78, 5) is 46.8. The van der Waals surface area contributed by atoms with Gasteiger partial charge in [-0.25, -0.2) is 15.0 Å². The molecule has 5 aromatic rings. The number of nitrogens with one attached hydrogen (secondary N) is 2. The molecule has 6 rings (SSSR count). The van der Waals surface area contributed by atoms with E-state index in [4.69, 9.17) is 9.72 Å². The minimum Gasteiger partial charge on any atom is -0.489 e. The van der Waals surface area contributed by atoms with Gasteiger partial charge in [-0.2, -0.15) is 4.98 Å². The van der Waals surface area contributed by atoms with Crippen molar-refractivity contribution < 1.29 is 9.53 Å². The summed E-state index contributed by atoms with van der Waals surface area (Å²) in [7, 11) is 3.23. The molecule has 0 radical (unpaired) electrons. The highest BCUT2D eigenvalue weighted by molar-refractivity contribution is 7.14. The molecule has 11 nitrogen and oxygen atoms in total. The zero-order chi connectivity index (χ0) is 27.6. The molecule has 0 bridgehead atoms. The average Bonchev–Trinajstić information content (AvgIpc) is 3.74. The number of fused-ring (bicyclic) bond motifs is 1. The summed E-state index contributed by atoms with van der Waals surface area (Å²) in [5.74, 6) is 0.736. The molecule has 204 valence electrons. The van der Waals surface area contributed by atoms with Crippen molar-refractivity contribution in [3.63, 3.8) is 0 Å². The summed E-state index contributed by atoms with van der Waals surface area (Å²) in [5.41, 5.74) is 3.25. The lowest BCUT2D eigenvalue weighted by molar-refractivity contribution is 0.0825. The molecular formula is C27H26N8O3S2. The van der Waals surface area contributed by atoms with E-state index < -0.39 is 5.56 Å². The Labute approximate surface area is 237 Å². The van der Waals surface area contributed by atoms with Crippen LogP contribution in [0.4, 0.5) is 11.6 Å². The second kappa shape index (κ2) is 11.1. The van der Waals surface area contributed by atoms with Crippen molar-refractivity contribution in [2.45, 2.75) is 19.1 Å². The molecule has 0 saturated carbocycles. The number of rotatable bonds is 8. The SMILES string of the molecule is CN(C)C(=O)c1cc2cnc(Nc3ccc(OC4CCNC4)cc3)nc2n(Cc2scnc2-c2nccs2)c1=O. The highest BCUT2D eigenvalue weighted by Gasteiger charge is 2.21. The zero-order valence-electron chi connectivity index (χ0n) is 21.8.